The zero-order chi connectivity index (χ0) is 20.8. The molecule has 0 fully saturated rings. The maximum absolute atomic E-state index is 13.3. The maximum Gasteiger partial charge on any atom is 0.256 e. The molecular weight excluding hydrogens is 387 g/mol. The van der Waals surface area contributed by atoms with E-state index < -0.39 is 5.82 Å². The number of halogens is 1. The second kappa shape index (κ2) is 9.39. The normalized spacial score (nSPS) is 10.6. The molecule has 0 aromatic heterocycles. The van der Waals surface area contributed by atoms with Crippen LogP contribution >= 0.6 is 11.8 Å². The molecule has 0 aliphatic heterocycles. The average Bonchev–Trinajstić information content (AvgIpc) is 2.68. The first-order valence-corrected chi connectivity index (χ1v) is 10.0. The summed E-state index contributed by atoms with van der Waals surface area (Å²) in [5.74, 6) is -1.05. The third kappa shape index (κ3) is 5.68. The van der Waals surface area contributed by atoms with Gasteiger partial charge in [0.15, 0.2) is 0 Å². The van der Waals surface area contributed by atoms with Crippen LogP contribution in [0.5, 0.6) is 0 Å². The zero-order valence-corrected chi connectivity index (χ0v) is 16.9. The molecule has 0 heterocycles. The van der Waals surface area contributed by atoms with E-state index in [1.54, 1.807) is 48.2 Å². The quantitative estimate of drug-likeness (QED) is 0.505. The Morgan fingerprint density at radius 3 is 2.21 bits per heavy atom. The summed E-state index contributed by atoms with van der Waals surface area (Å²) in [6, 6.07) is 19.7. The molecule has 3 aromatic carbocycles. The van der Waals surface area contributed by atoms with Gasteiger partial charge in [-0.1, -0.05) is 38.1 Å². The monoisotopic (exact) mass is 408 g/mol. The lowest BCUT2D eigenvalue weighted by molar-refractivity contribution is 0.101. The Morgan fingerprint density at radius 1 is 0.828 bits per heavy atom. The second-order valence-electron chi connectivity index (χ2n) is 6.66. The van der Waals surface area contributed by atoms with E-state index in [1.807, 2.05) is 18.2 Å². The van der Waals surface area contributed by atoms with Crippen LogP contribution in [0.4, 0.5) is 15.8 Å². The molecule has 0 saturated carbocycles. The highest BCUT2D eigenvalue weighted by Crippen LogP contribution is 2.27. The molecule has 0 unspecified atom stereocenters. The summed E-state index contributed by atoms with van der Waals surface area (Å²) >= 11 is 1.62. The third-order valence-electron chi connectivity index (χ3n) is 3.96. The van der Waals surface area contributed by atoms with Crippen molar-refractivity contribution in [2.75, 3.05) is 10.6 Å². The third-order valence-corrected chi connectivity index (χ3v) is 5.04. The van der Waals surface area contributed by atoms with Gasteiger partial charge in [-0.05, 0) is 48.5 Å². The zero-order valence-electron chi connectivity index (χ0n) is 16.1. The number of nitrogens with one attached hydrogen (secondary N) is 2. The maximum atomic E-state index is 13.3. The van der Waals surface area contributed by atoms with Crippen LogP contribution in [0.15, 0.2) is 77.7 Å². The van der Waals surface area contributed by atoms with E-state index in [4.69, 9.17) is 0 Å². The van der Waals surface area contributed by atoms with Crippen LogP contribution < -0.4 is 10.6 Å². The minimum absolute atomic E-state index is 0.239. The second-order valence-corrected chi connectivity index (χ2v) is 8.28. The standard InChI is InChI=1S/C23H21FN2O2S/c1-15(2)29-21-12-4-3-11-20(21)23(28)26-18-9-5-7-16(13-18)22(27)25-19-10-6-8-17(24)14-19/h3-15H,1-2H3,(H,25,27)(H,26,28). The average molecular weight is 408 g/mol. The van der Waals surface area contributed by atoms with Gasteiger partial charge in [-0.3, -0.25) is 9.59 Å². The molecule has 29 heavy (non-hydrogen) atoms. The summed E-state index contributed by atoms with van der Waals surface area (Å²) < 4.78 is 13.3. The number of carbonyl (C=O) groups is 2. The van der Waals surface area contributed by atoms with E-state index in [-0.39, 0.29) is 11.8 Å². The number of rotatable bonds is 6. The molecular formula is C23H21FN2O2S. The Kier molecular flexibility index (Phi) is 6.67. The van der Waals surface area contributed by atoms with Crippen LogP contribution in [-0.4, -0.2) is 17.1 Å². The highest BCUT2D eigenvalue weighted by atomic mass is 32.2. The van der Waals surface area contributed by atoms with Crippen molar-refractivity contribution < 1.29 is 14.0 Å². The summed E-state index contributed by atoms with van der Waals surface area (Å²) in [5.41, 5.74) is 1.81. The van der Waals surface area contributed by atoms with Gasteiger partial charge in [-0.15, -0.1) is 11.8 Å². The van der Waals surface area contributed by atoms with E-state index in [0.29, 0.717) is 27.8 Å². The summed E-state index contributed by atoms with van der Waals surface area (Å²) in [7, 11) is 0. The van der Waals surface area contributed by atoms with E-state index in [1.165, 1.54) is 18.2 Å². The van der Waals surface area contributed by atoms with Gasteiger partial charge >= 0.3 is 0 Å². The van der Waals surface area contributed by atoms with Gasteiger partial charge in [-0.25, -0.2) is 4.39 Å². The van der Waals surface area contributed by atoms with Gasteiger partial charge in [0.25, 0.3) is 11.8 Å². The van der Waals surface area contributed by atoms with Crippen LogP contribution in [-0.2, 0) is 0 Å². The number of hydrogen-bond acceptors (Lipinski definition) is 3. The van der Waals surface area contributed by atoms with Crippen LogP contribution in [0.3, 0.4) is 0 Å². The number of benzene rings is 3. The molecule has 2 amide bonds. The van der Waals surface area contributed by atoms with Crippen molar-refractivity contribution in [1.29, 1.82) is 0 Å². The van der Waals surface area contributed by atoms with E-state index in [9.17, 15) is 14.0 Å². The minimum atomic E-state index is -0.429. The first-order chi connectivity index (χ1) is 13.9. The van der Waals surface area contributed by atoms with Crippen LogP contribution in [0.25, 0.3) is 0 Å². The van der Waals surface area contributed by atoms with Gasteiger partial charge in [0.05, 0.1) is 5.56 Å². The van der Waals surface area contributed by atoms with Crippen molar-refractivity contribution in [3.8, 4) is 0 Å². The highest BCUT2D eigenvalue weighted by molar-refractivity contribution is 8.00. The summed E-state index contributed by atoms with van der Waals surface area (Å²) in [6.07, 6.45) is 0. The lowest BCUT2D eigenvalue weighted by atomic mass is 10.1. The highest BCUT2D eigenvalue weighted by Gasteiger charge is 2.14. The fourth-order valence-electron chi connectivity index (χ4n) is 2.72. The number of anilines is 2. The molecule has 3 rings (SSSR count). The minimum Gasteiger partial charge on any atom is -0.322 e. The molecule has 0 aliphatic carbocycles. The Morgan fingerprint density at radius 2 is 1.48 bits per heavy atom. The molecule has 0 spiro atoms. The Bertz CT molecular complexity index is 1040. The Labute approximate surface area is 173 Å². The van der Waals surface area contributed by atoms with Gasteiger partial charge in [0.2, 0.25) is 0 Å². The molecule has 0 atom stereocenters. The Balaban J connectivity index is 1.75. The van der Waals surface area contributed by atoms with E-state index in [0.717, 1.165) is 4.90 Å². The fraction of sp³-hybridized carbons (Fsp3) is 0.130. The molecule has 2 N–H and O–H groups in total. The van der Waals surface area contributed by atoms with E-state index in [2.05, 4.69) is 24.5 Å². The predicted molar refractivity (Wildman–Crippen MR) is 116 cm³/mol. The summed E-state index contributed by atoms with van der Waals surface area (Å²) in [5, 5.41) is 5.84. The van der Waals surface area contributed by atoms with E-state index >= 15 is 0 Å². The number of hydrogen-bond donors (Lipinski definition) is 2. The van der Waals surface area contributed by atoms with Gasteiger partial charge in [-0.2, -0.15) is 0 Å². The predicted octanol–water partition coefficient (Wildman–Crippen LogP) is 5.83. The molecule has 0 radical (unpaired) electrons. The largest absolute Gasteiger partial charge is 0.322 e. The summed E-state index contributed by atoms with van der Waals surface area (Å²) in [6.45, 7) is 4.14. The van der Waals surface area contributed by atoms with Gasteiger partial charge in [0.1, 0.15) is 5.82 Å². The number of amides is 2. The Hall–Kier alpha value is -3.12. The van der Waals surface area contributed by atoms with Gasteiger partial charge < -0.3 is 10.6 Å². The topological polar surface area (TPSA) is 58.2 Å². The number of thioether (sulfide) groups is 1. The van der Waals surface area contributed by atoms with Crippen LogP contribution in [0.1, 0.15) is 34.6 Å². The van der Waals surface area contributed by atoms with Crippen molar-refractivity contribution in [1.82, 2.24) is 0 Å². The van der Waals surface area contributed by atoms with Crippen molar-refractivity contribution in [2.24, 2.45) is 0 Å². The molecule has 0 aliphatic rings. The molecule has 0 saturated heterocycles. The number of carbonyl (C=O) groups excluding carboxylic acids is 2. The van der Waals surface area contributed by atoms with Gasteiger partial charge in [0, 0.05) is 27.1 Å². The van der Waals surface area contributed by atoms with Crippen molar-refractivity contribution in [3.63, 3.8) is 0 Å². The molecule has 6 heteroatoms. The lowest BCUT2D eigenvalue weighted by Gasteiger charge is -2.12. The van der Waals surface area contributed by atoms with Crippen molar-refractivity contribution >= 4 is 35.0 Å². The first kappa shape index (κ1) is 20.6. The molecule has 148 valence electrons. The van der Waals surface area contributed by atoms with Crippen molar-refractivity contribution in [3.05, 3.63) is 89.7 Å². The molecule has 0 bridgehead atoms. The van der Waals surface area contributed by atoms with Crippen molar-refractivity contribution in [2.45, 2.75) is 24.0 Å². The SMILES string of the molecule is CC(C)Sc1ccccc1C(=O)Nc1cccc(C(=O)Nc2cccc(F)c2)c1. The van der Waals surface area contributed by atoms with Crippen LogP contribution in [0.2, 0.25) is 0 Å². The lowest BCUT2D eigenvalue weighted by Crippen LogP contribution is -2.15. The first-order valence-electron chi connectivity index (χ1n) is 9.16. The van der Waals surface area contributed by atoms with Crippen LogP contribution in [0, 0.1) is 5.82 Å². The smallest absolute Gasteiger partial charge is 0.256 e. The molecule has 3 aromatic rings. The summed E-state index contributed by atoms with van der Waals surface area (Å²) in [4.78, 5) is 26.1. The fourth-order valence-corrected chi connectivity index (χ4v) is 3.67. The molecule has 4 nitrogen and oxygen atoms in total.